The monoisotopic (exact) mass is 403 g/mol. The Morgan fingerprint density at radius 3 is 2.29 bits per heavy atom. The number of azo groups is 1. The number of hydrogen-bond donors (Lipinski definition) is 1. The Balaban J connectivity index is 0.00000280. The maximum absolute atomic E-state index is 10.3. The molecule has 2 aromatic rings. The molecule has 3 rings (SSSR count). The molecule has 0 radical (unpaired) electrons. The summed E-state index contributed by atoms with van der Waals surface area (Å²) < 4.78 is 6.73. The van der Waals surface area contributed by atoms with Gasteiger partial charge in [-0.2, -0.15) is 10.2 Å². The fraction of sp³-hybridized carbons (Fsp3) is 0.455. The molecule has 0 amide bonds. The van der Waals surface area contributed by atoms with Crippen LogP contribution in [-0.4, -0.2) is 36.5 Å². The maximum atomic E-state index is 10.3. The number of nitrogens with zero attached hydrogens (tertiary/aromatic N) is 3. The Morgan fingerprint density at radius 1 is 1.00 bits per heavy atom. The highest BCUT2D eigenvalue weighted by molar-refractivity contribution is 5.47. The van der Waals surface area contributed by atoms with E-state index in [1.165, 1.54) is 31.2 Å². The Bertz CT molecular complexity index is 785. The molecule has 0 atom stereocenters. The second-order valence-electron chi connectivity index (χ2n) is 8.14. The summed E-state index contributed by atoms with van der Waals surface area (Å²) >= 11 is 0. The Kier molecular flexibility index (Phi) is 7.98. The highest BCUT2D eigenvalue weighted by atomic mass is 35.5. The number of aromatic hydroxyl groups is 1. The number of rotatable bonds is 7. The van der Waals surface area contributed by atoms with Crippen LogP contribution >= 0.6 is 0 Å². The molecule has 0 aliphatic heterocycles. The lowest BCUT2D eigenvalue weighted by molar-refractivity contribution is -0.923. The zero-order chi connectivity index (χ0) is 19.3. The van der Waals surface area contributed by atoms with Gasteiger partial charge >= 0.3 is 0 Å². The number of phenols is 1. The highest BCUT2D eigenvalue weighted by Gasteiger charge is 2.23. The zero-order valence-electron chi connectivity index (χ0n) is 16.9. The van der Waals surface area contributed by atoms with Crippen LogP contribution in [0, 0.1) is 6.92 Å². The number of aryl methyl sites for hydroxylation is 1. The van der Waals surface area contributed by atoms with E-state index in [9.17, 15) is 5.11 Å². The molecule has 1 aliphatic rings. The summed E-state index contributed by atoms with van der Waals surface area (Å²) in [6.07, 6.45) is 5.27. The zero-order valence-corrected chi connectivity index (χ0v) is 17.7. The summed E-state index contributed by atoms with van der Waals surface area (Å²) in [4.78, 5) is 0. The summed E-state index contributed by atoms with van der Waals surface area (Å²) in [5.74, 6) is 0.288. The van der Waals surface area contributed by atoms with Gasteiger partial charge in [0.2, 0.25) is 0 Å². The van der Waals surface area contributed by atoms with Gasteiger partial charge in [-0.15, -0.1) is 0 Å². The molecule has 1 aliphatic carbocycles. The molecule has 6 heteroatoms. The van der Waals surface area contributed by atoms with Gasteiger partial charge in [0.05, 0.1) is 37.1 Å². The number of benzene rings is 2. The second-order valence-corrected chi connectivity index (χ2v) is 8.14. The molecular weight excluding hydrogens is 374 g/mol. The lowest BCUT2D eigenvalue weighted by Crippen LogP contribution is -3.00. The second kappa shape index (κ2) is 10.0. The third kappa shape index (κ3) is 6.59. The summed E-state index contributed by atoms with van der Waals surface area (Å²) in [6, 6.07) is 13.3. The third-order valence-electron chi connectivity index (χ3n) is 4.94. The summed E-state index contributed by atoms with van der Waals surface area (Å²) in [5.41, 5.74) is 3.60. The first kappa shape index (κ1) is 22.3. The van der Waals surface area contributed by atoms with Crippen molar-refractivity contribution in [3.63, 3.8) is 0 Å². The van der Waals surface area contributed by atoms with Gasteiger partial charge in [-0.05, 0) is 50.1 Å². The molecule has 1 N–H and O–H groups in total. The normalized spacial score (nSPS) is 15.1. The minimum absolute atomic E-state index is 0. The SMILES string of the molecule is Cc1ccc(N=Nc2ccc(O)c(C[N+](C)(C)COC3CCCC3)c2)cc1.[Cl-]. The molecule has 28 heavy (non-hydrogen) atoms. The van der Waals surface area contributed by atoms with Crippen LogP contribution < -0.4 is 12.4 Å². The quantitative estimate of drug-likeness (QED) is 0.439. The van der Waals surface area contributed by atoms with E-state index >= 15 is 0 Å². The molecule has 1 saturated carbocycles. The van der Waals surface area contributed by atoms with Gasteiger partial charge in [0.25, 0.3) is 0 Å². The first-order valence-electron chi connectivity index (χ1n) is 9.65. The Morgan fingerprint density at radius 2 is 1.61 bits per heavy atom. The smallest absolute Gasteiger partial charge is 0.183 e. The number of halogens is 1. The Hall–Kier alpha value is -1.95. The number of ether oxygens (including phenoxy) is 1. The molecule has 152 valence electrons. The third-order valence-corrected chi connectivity index (χ3v) is 4.94. The fourth-order valence-electron chi connectivity index (χ4n) is 3.36. The van der Waals surface area contributed by atoms with Gasteiger partial charge in [-0.25, -0.2) is 0 Å². The molecule has 0 saturated heterocycles. The van der Waals surface area contributed by atoms with E-state index in [0.717, 1.165) is 16.9 Å². The minimum Gasteiger partial charge on any atom is -1.00 e. The van der Waals surface area contributed by atoms with Crippen molar-refractivity contribution in [1.29, 1.82) is 0 Å². The van der Waals surface area contributed by atoms with E-state index in [-0.39, 0.29) is 18.2 Å². The van der Waals surface area contributed by atoms with Gasteiger partial charge in [0.15, 0.2) is 6.73 Å². The van der Waals surface area contributed by atoms with Gasteiger partial charge in [-0.1, -0.05) is 30.5 Å². The average Bonchev–Trinajstić information content (AvgIpc) is 3.16. The average molecular weight is 404 g/mol. The van der Waals surface area contributed by atoms with Crippen LogP contribution in [0.1, 0.15) is 36.8 Å². The molecule has 0 unspecified atom stereocenters. The van der Waals surface area contributed by atoms with Crippen molar-refractivity contribution in [2.75, 3.05) is 20.8 Å². The van der Waals surface area contributed by atoms with Crippen LogP contribution in [-0.2, 0) is 11.3 Å². The van der Waals surface area contributed by atoms with Crippen molar-refractivity contribution >= 4 is 11.4 Å². The predicted octanol–water partition coefficient (Wildman–Crippen LogP) is 2.61. The van der Waals surface area contributed by atoms with Gasteiger partial charge in [0.1, 0.15) is 12.3 Å². The summed E-state index contributed by atoms with van der Waals surface area (Å²) in [6.45, 7) is 3.36. The van der Waals surface area contributed by atoms with E-state index < -0.39 is 0 Å². The summed E-state index contributed by atoms with van der Waals surface area (Å²) in [7, 11) is 4.24. The standard InChI is InChI=1S/C22H29N3O2.ClH/c1-17-8-10-19(11-9-17)23-24-20-12-13-22(26)18(14-20)15-25(2,3)16-27-21-6-4-5-7-21;/h8-14,21H,4-7,15-16H2,1-3H3;1H. The molecule has 2 aromatic carbocycles. The number of phenolic OH excluding ortho intramolecular Hbond substituents is 1. The summed E-state index contributed by atoms with van der Waals surface area (Å²) in [5, 5.41) is 18.9. The van der Waals surface area contributed by atoms with Crippen LogP contribution in [0.4, 0.5) is 11.4 Å². The van der Waals surface area contributed by atoms with Crippen molar-refractivity contribution in [1.82, 2.24) is 0 Å². The van der Waals surface area contributed by atoms with Crippen molar-refractivity contribution in [3.05, 3.63) is 53.6 Å². The lowest BCUT2D eigenvalue weighted by Gasteiger charge is -2.30. The van der Waals surface area contributed by atoms with Gasteiger partial charge in [-0.3, -0.25) is 0 Å². The van der Waals surface area contributed by atoms with E-state index in [1.54, 1.807) is 12.1 Å². The van der Waals surface area contributed by atoms with E-state index in [0.29, 0.717) is 23.9 Å². The van der Waals surface area contributed by atoms with Crippen LogP contribution in [0.15, 0.2) is 52.7 Å². The van der Waals surface area contributed by atoms with E-state index in [4.69, 9.17) is 4.74 Å². The van der Waals surface area contributed by atoms with Crippen LogP contribution in [0.5, 0.6) is 5.75 Å². The Labute approximate surface area is 174 Å². The molecule has 5 nitrogen and oxygen atoms in total. The van der Waals surface area contributed by atoms with Crippen LogP contribution in [0.3, 0.4) is 0 Å². The lowest BCUT2D eigenvalue weighted by atomic mass is 10.1. The largest absolute Gasteiger partial charge is 1.00 e. The van der Waals surface area contributed by atoms with Crippen LogP contribution in [0.25, 0.3) is 0 Å². The predicted molar refractivity (Wildman–Crippen MR) is 107 cm³/mol. The first-order chi connectivity index (χ1) is 12.9. The molecule has 0 heterocycles. The first-order valence-corrected chi connectivity index (χ1v) is 9.65. The van der Waals surface area contributed by atoms with Crippen molar-refractivity contribution < 1.29 is 26.7 Å². The van der Waals surface area contributed by atoms with Crippen molar-refractivity contribution in [2.45, 2.75) is 45.3 Å². The van der Waals surface area contributed by atoms with Gasteiger partial charge < -0.3 is 26.7 Å². The maximum Gasteiger partial charge on any atom is 0.183 e. The van der Waals surface area contributed by atoms with E-state index in [2.05, 4.69) is 24.3 Å². The number of hydrogen-bond acceptors (Lipinski definition) is 4. The molecule has 1 fully saturated rings. The van der Waals surface area contributed by atoms with E-state index in [1.807, 2.05) is 37.3 Å². The highest BCUT2D eigenvalue weighted by Crippen LogP contribution is 2.28. The molecule has 0 spiro atoms. The van der Waals surface area contributed by atoms with Crippen molar-refractivity contribution in [2.24, 2.45) is 10.2 Å². The molecule has 0 bridgehead atoms. The molecule has 0 aromatic heterocycles. The minimum atomic E-state index is 0. The van der Waals surface area contributed by atoms with Crippen LogP contribution in [0.2, 0.25) is 0 Å². The number of quaternary nitrogens is 1. The molecular formula is C22H30ClN3O2. The van der Waals surface area contributed by atoms with Gasteiger partial charge in [0, 0.05) is 0 Å². The topological polar surface area (TPSA) is 54.2 Å². The van der Waals surface area contributed by atoms with Crippen molar-refractivity contribution in [3.8, 4) is 5.75 Å². The fourth-order valence-corrected chi connectivity index (χ4v) is 3.36.